The van der Waals surface area contributed by atoms with Crippen molar-refractivity contribution < 1.29 is 26.8 Å². The molecule has 0 atom stereocenters. The summed E-state index contributed by atoms with van der Waals surface area (Å²) in [5.41, 5.74) is 11.7. The van der Waals surface area contributed by atoms with E-state index in [2.05, 4.69) is 97.0 Å². The Morgan fingerprint density at radius 3 is 1.82 bits per heavy atom. The van der Waals surface area contributed by atoms with Crippen LogP contribution in [0, 0.1) is 11.5 Å². The fourth-order valence-corrected chi connectivity index (χ4v) is 5.00. The molecule has 0 radical (unpaired) electrons. The monoisotopic (exact) mass is 469 g/mol. The minimum absolute atomic E-state index is 0. The molecule has 168 valence electrons. The third-order valence-corrected chi connectivity index (χ3v) is 7.36. The summed E-state index contributed by atoms with van der Waals surface area (Å²) in [6.45, 7) is 15.5. The molecule has 3 aromatic rings. The zero-order chi connectivity index (χ0) is 23.3. The predicted molar refractivity (Wildman–Crippen MR) is 136 cm³/mol. The third-order valence-electron chi connectivity index (χ3n) is 7.36. The molecule has 5 rings (SSSR count). The van der Waals surface area contributed by atoms with E-state index in [1.54, 1.807) is 6.07 Å². The fourth-order valence-electron chi connectivity index (χ4n) is 5.00. The van der Waals surface area contributed by atoms with Gasteiger partial charge in [0.2, 0.25) is 0 Å². The molecule has 3 aromatic carbocycles. The van der Waals surface area contributed by atoms with Gasteiger partial charge in [-0.05, 0) is 39.9 Å². The van der Waals surface area contributed by atoms with Crippen molar-refractivity contribution >= 4 is 0 Å². The van der Waals surface area contributed by atoms with Gasteiger partial charge in [0.05, 0.1) is 0 Å². The molecule has 0 saturated carbocycles. The Kier molecular flexibility index (Phi) is 6.99. The Morgan fingerprint density at radius 1 is 0.697 bits per heavy atom. The minimum atomic E-state index is -0.00760. The van der Waals surface area contributed by atoms with Gasteiger partial charge in [0.25, 0.3) is 0 Å². The summed E-state index contributed by atoms with van der Waals surface area (Å²) in [4.78, 5) is 0. The van der Waals surface area contributed by atoms with Crippen LogP contribution in [0.5, 0.6) is 5.75 Å². The first-order chi connectivity index (χ1) is 15.0. The third kappa shape index (κ3) is 4.42. The van der Waals surface area contributed by atoms with Crippen molar-refractivity contribution in [2.75, 3.05) is 0 Å². The van der Waals surface area contributed by atoms with Crippen LogP contribution in [0.4, 0.5) is 0 Å². The number of phenols is 1. The van der Waals surface area contributed by atoms with Crippen LogP contribution in [0.15, 0.2) is 83.4 Å². The maximum Gasteiger partial charge on any atom is 0.123 e. The van der Waals surface area contributed by atoms with Crippen molar-refractivity contribution in [3.63, 3.8) is 0 Å². The van der Waals surface area contributed by atoms with Crippen molar-refractivity contribution in [1.82, 2.24) is 0 Å². The molecular weight excluding hydrogens is 436 g/mol. The molecule has 0 spiro atoms. The predicted octanol–water partition coefficient (Wildman–Crippen LogP) is 8.48. The zero-order valence-electron chi connectivity index (χ0n) is 20.8. The first kappa shape index (κ1) is 25.3. The van der Waals surface area contributed by atoms with E-state index in [0.717, 1.165) is 11.1 Å². The summed E-state index contributed by atoms with van der Waals surface area (Å²) >= 11 is 0. The van der Waals surface area contributed by atoms with E-state index in [9.17, 15) is 5.11 Å². The molecule has 2 heteroatoms. The second-order valence-corrected chi connectivity index (χ2v) is 10.1. The second kappa shape index (κ2) is 9.13. The summed E-state index contributed by atoms with van der Waals surface area (Å²) < 4.78 is 0. The number of hydrogen-bond donors (Lipinski definition) is 1. The molecule has 2 aliphatic carbocycles. The quantitative estimate of drug-likeness (QED) is 0.280. The van der Waals surface area contributed by atoms with Gasteiger partial charge in [0.1, 0.15) is 5.75 Å². The van der Waals surface area contributed by atoms with Gasteiger partial charge in [-0.1, -0.05) is 102 Å². The zero-order valence-corrected chi connectivity index (χ0v) is 22.4. The van der Waals surface area contributed by atoms with E-state index in [4.69, 9.17) is 0 Å². The van der Waals surface area contributed by atoms with Crippen molar-refractivity contribution in [1.29, 1.82) is 0 Å². The molecule has 0 fully saturated rings. The van der Waals surface area contributed by atoms with Crippen LogP contribution in [0.2, 0.25) is 0 Å². The number of aromatic hydroxyl groups is 1. The van der Waals surface area contributed by atoms with Crippen LogP contribution in [0.1, 0.15) is 59.6 Å². The van der Waals surface area contributed by atoms with Gasteiger partial charge in [0, 0.05) is 32.7 Å². The Balaban J connectivity index is 0.000000237. The topological polar surface area (TPSA) is 20.2 Å². The first-order valence-corrected chi connectivity index (χ1v) is 11.4. The number of rotatable bonds is 1. The Bertz CT molecular complexity index is 1260. The summed E-state index contributed by atoms with van der Waals surface area (Å²) in [5, 5.41) is 10.1. The van der Waals surface area contributed by atoms with Crippen LogP contribution in [0.25, 0.3) is 22.3 Å². The Hall–Kier alpha value is -2.35. The summed E-state index contributed by atoms with van der Waals surface area (Å²) in [7, 11) is 0. The number of benzene rings is 3. The van der Waals surface area contributed by atoms with Crippen LogP contribution >= 0.6 is 0 Å². The molecule has 33 heavy (non-hydrogen) atoms. The minimum Gasteiger partial charge on any atom is -0.507 e. The Labute approximate surface area is 214 Å². The average Bonchev–Trinajstić information content (AvgIpc) is 3.10. The summed E-state index contributed by atoms with van der Waals surface area (Å²) in [6.07, 6.45) is 3.44. The average molecular weight is 469 g/mol. The van der Waals surface area contributed by atoms with Crippen molar-refractivity contribution in [3.8, 4) is 28.0 Å². The number of allylic oxidation sites excluding steroid dienone is 4. The smallest absolute Gasteiger partial charge is 0.123 e. The van der Waals surface area contributed by atoms with Gasteiger partial charge in [-0.2, -0.15) is 11.1 Å². The molecular formula is C31H33OTi-. The van der Waals surface area contributed by atoms with Gasteiger partial charge in [-0.15, -0.1) is 6.92 Å². The van der Waals surface area contributed by atoms with E-state index in [0.29, 0.717) is 5.75 Å². The van der Waals surface area contributed by atoms with Gasteiger partial charge in [-0.3, -0.25) is 6.08 Å². The number of hydrogen-bond acceptors (Lipinski definition) is 1. The maximum atomic E-state index is 10.1. The Morgan fingerprint density at radius 2 is 1.27 bits per heavy atom. The van der Waals surface area contributed by atoms with Gasteiger partial charge in [0.15, 0.2) is 0 Å². The number of para-hydroxylation sites is 1. The van der Waals surface area contributed by atoms with Crippen LogP contribution < -0.4 is 0 Å². The molecule has 0 aromatic heterocycles. The number of phenolic OH excluding ortho intramolecular Hbond substituents is 1. The van der Waals surface area contributed by atoms with E-state index < -0.39 is 0 Å². The molecule has 2 aliphatic rings. The van der Waals surface area contributed by atoms with Crippen LogP contribution in [-0.2, 0) is 27.1 Å². The van der Waals surface area contributed by atoms with E-state index in [1.807, 2.05) is 18.2 Å². The van der Waals surface area contributed by atoms with Crippen LogP contribution in [0.3, 0.4) is 0 Å². The van der Waals surface area contributed by atoms with Gasteiger partial charge >= 0.3 is 0 Å². The number of fused-ring (bicyclic) bond motifs is 3. The SMILES string of the molecule is CC1(C)c2ccccc2-c2ccc(-c3ccccc3O)cc21.CC1=[C-]C(C)(C)C(C)=C1C.[Ti]. The maximum absolute atomic E-state index is 10.1. The normalized spacial score (nSPS) is 16.8. The molecule has 0 amide bonds. The standard InChI is InChI=1S/C21H18O.C10H15.Ti/c1-21(2)18-9-5-3-8-16(18)17-12-11-14(13-19(17)21)15-7-4-6-10-20(15)22;1-7-6-10(4,5)9(3)8(7)2;/h3-13,22H,1-2H3;1-5H3;/q;-1;. The molecule has 1 nitrogen and oxygen atoms in total. The molecule has 0 unspecified atom stereocenters. The summed E-state index contributed by atoms with van der Waals surface area (Å²) in [5.74, 6) is 0.329. The second-order valence-electron chi connectivity index (χ2n) is 10.1. The summed E-state index contributed by atoms with van der Waals surface area (Å²) in [6, 6.07) is 22.7. The van der Waals surface area contributed by atoms with E-state index in [1.165, 1.54) is 39.0 Å². The molecule has 0 bridgehead atoms. The van der Waals surface area contributed by atoms with Gasteiger partial charge < -0.3 is 5.11 Å². The molecule has 0 heterocycles. The molecule has 0 saturated heterocycles. The van der Waals surface area contributed by atoms with Crippen molar-refractivity contribution in [3.05, 3.63) is 101 Å². The fraction of sp³-hybridized carbons (Fsp3) is 0.290. The van der Waals surface area contributed by atoms with Crippen molar-refractivity contribution in [2.45, 2.75) is 53.9 Å². The van der Waals surface area contributed by atoms with E-state index in [-0.39, 0.29) is 32.5 Å². The van der Waals surface area contributed by atoms with Crippen molar-refractivity contribution in [2.24, 2.45) is 5.41 Å². The first-order valence-electron chi connectivity index (χ1n) is 11.4. The molecule has 0 aliphatic heterocycles. The van der Waals surface area contributed by atoms with Gasteiger partial charge in [-0.25, -0.2) is 5.57 Å². The van der Waals surface area contributed by atoms with Crippen LogP contribution in [-0.4, -0.2) is 5.11 Å². The largest absolute Gasteiger partial charge is 0.507 e. The molecule has 1 N–H and O–H groups in total. The van der Waals surface area contributed by atoms with E-state index >= 15 is 0 Å².